The van der Waals surface area contributed by atoms with Crippen molar-refractivity contribution in [2.24, 2.45) is 17.6 Å². The van der Waals surface area contributed by atoms with E-state index < -0.39 is 0 Å². The van der Waals surface area contributed by atoms with Gasteiger partial charge in [0.2, 0.25) is 0 Å². The van der Waals surface area contributed by atoms with Crippen molar-refractivity contribution in [1.29, 1.82) is 0 Å². The van der Waals surface area contributed by atoms with Crippen LogP contribution >= 0.6 is 0 Å². The molecule has 2 N–H and O–H groups in total. The van der Waals surface area contributed by atoms with Crippen LogP contribution in [-0.4, -0.2) is 18.6 Å². The van der Waals surface area contributed by atoms with Crippen LogP contribution in [0.4, 0.5) is 0 Å². The molecule has 0 aromatic rings. The van der Waals surface area contributed by atoms with Gasteiger partial charge in [-0.1, -0.05) is 12.8 Å². The van der Waals surface area contributed by atoms with E-state index in [-0.39, 0.29) is 17.9 Å². The molecule has 0 heterocycles. The second-order valence-electron chi connectivity index (χ2n) is 4.67. The molecule has 0 aliphatic heterocycles. The van der Waals surface area contributed by atoms with Crippen molar-refractivity contribution in [1.82, 2.24) is 0 Å². The van der Waals surface area contributed by atoms with E-state index in [1.165, 1.54) is 12.8 Å². The molecule has 2 unspecified atom stereocenters. The minimum absolute atomic E-state index is 0.0152. The van der Waals surface area contributed by atoms with E-state index in [4.69, 9.17) is 10.5 Å². The summed E-state index contributed by atoms with van der Waals surface area (Å²) in [5, 5.41) is 0. The Hall–Kier alpha value is -0.570. The summed E-state index contributed by atoms with van der Waals surface area (Å²) < 4.78 is 5.23. The molecule has 0 aromatic carbocycles. The van der Waals surface area contributed by atoms with Crippen molar-refractivity contribution in [2.75, 3.05) is 6.61 Å². The van der Waals surface area contributed by atoms with Gasteiger partial charge in [0.15, 0.2) is 0 Å². The fourth-order valence-electron chi connectivity index (χ4n) is 2.08. The standard InChI is InChI=1S/C11H19NO2/c12-10-4-3-9(7-10)11(13)14-6-5-8-1-2-8/h8-10H,1-7,12H2. The molecule has 0 bridgehead atoms. The van der Waals surface area contributed by atoms with E-state index in [2.05, 4.69) is 0 Å². The Labute approximate surface area is 85.0 Å². The summed E-state index contributed by atoms with van der Waals surface area (Å²) in [7, 11) is 0. The highest BCUT2D eigenvalue weighted by atomic mass is 16.5. The molecular formula is C11H19NO2. The molecule has 2 atom stereocenters. The number of nitrogens with two attached hydrogens (primary N) is 1. The van der Waals surface area contributed by atoms with Crippen LogP contribution in [0.25, 0.3) is 0 Å². The number of hydrogen-bond donors (Lipinski definition) is 1. The second kappa shape index (κ2) is 4.30. The van der Waals surface area contributed by atoms with Crippen molar-refractivity contribution in [3.05, 3.63) is 0 Å². The maximum atomic E-state index is 11.5. The molecule has 3 nitrogen and oxygen atoms in total. The van der Waals surface area contributed by atoms with Gasteiger partial charge in [0, 0.05) is 6.04 Å². The Balaban J connectivity index is 1.61. The normalized spacial score (nSPS) is 31.8. The zero-order valence-electron chi connectivity index (χ0n) is 8.58. The van der Waals surface area contributed by atoms with Crippen LogP contribution in [0, 0.1) is 11.8 Å². The maximum Gasteiger partial charge on any atom is 0.308 e. The largest absolute Gasteiger partial charge is 0.465 e. The van der Waals surface area contributed by atoms with Crippen molar-refractivity contribution in [3.63, 3.8) is 0 Å². The third-order valence-electron chi connectivity index (χ3n) is 3.27. The predicted molar refractivity (Wildman–Crippen MR) is 53.6 cm³/mol. The molecule has 0 amide bonds. The summed E-state index contributed by atoms with van der Waals surface area (Å²) in [6.07, 6.45) is 6.43. The van der Waals surface area contributed by atoms with Gasteiger partial charge in [0.1, 0.15) is 0 Å². The monoisotopic (exact) mass is 197 g/mol. The SMILES string of the molecule is NC1CCC(C(=O)OCCC2CC2)C1. The molecule has 2 rings (SSSR count). The number of ether oxygens (including phenoxy) is 1. The minimum atomic E-state index is -0.0152. The van der Waals surface area contributed by atoms with E-state index in [1.54, 1.807) is 0 Å². The Morgan fingerprint density at radius 3 is 2.64 bits per heavy atom. The van der Waals surface area contributed by atoms with Gasteiger partial charge in [0.25, 0.3) is 0 Å². The Morgan fingerprint density at radius 2 is 2.07 bits per heavy atom. The van der Waals surface area contributed by atoms with Gasteiger partial charge in [-0.15, -0.1) is 0 Å². The first kappa shape index (κ1) is 9.97. The van der Waals surface area contributed by atoms with Gasteiger partial charge < -0.3 is 10.5 Å². The Morgan fingerprint density at radius 1 is 1.29 bits per heavy atom. The molecule has 2 aliphatic carbocycles. The molecule has 14 heavy (non-hydrogen) atoms. The van der Waals surface area contributed by atoms with Crippen LogP contribution in [-0.2, 0) is 9.53 Å². The van der Waals surface area contributed by atoms with Crippen LogP contribution in [0.3, 0.4) is 0 Å². The molecule has 80 valence electrons. The third-order valence-corrected chi connectivity index (χ3v) is 3.27. The molecule has 2 fully saturated rings. The highest BCUT2D eigenvalue weighted by molar-refractivity contribution is 5.72. The van der Waals surface area contributed by atoms with Crippen molar-refractivity contribution in [2.45, 2.75) is 44.6 Å². The zero-order valence-corrected chi connectivity index (χ0v) is 8.58. The Bertz CT molecular complexity index is 213. The lowest BCUT2D eigenvalue weighted by atomic mass is 10.1. The molecule has 2 saturated carbocycles. The maximum absolute atomic E-state index is 11.5. The van der Waals surface area contributed by atoms with E-state index in [0.717, 1.165) is 31.6 Å². The summed E-state index contributed by atoms with van der Waals surface area (Å²) >= 11 is 0. The fraction of sp³-hybridized carbons (Fsp3) is 0.909. The molecule has 0 aromatic heterocycles. The number of hydrogen-bond acceptors (Lipinski definition) is 3. The molecule has 2 aliphatic rings. The van der Waals surface area contributed by atoms with Gasteiger partial charge >= 0.3 is 5.97 Å². The van der Waals surface area contributed by atoms with Crippen LogP contribution in [0.2, 0.25) is 0 Å². The molecule has 0 spiro atoms. The van der Waals surface area contributed by atoms with Gasteiger partial charge in [-0.3, -0.25) is 4.79 Å². The third kappa shape index (κ3) is 2.71. The fourth-order valence-corrected chi connectivity index (χ4v) is 2.08. The quantitative estimate of drug-likeness (QED) is 0.694. The molecular weight excluding hydrogens is 178 g/mol. The average molecular weight is 197 g/mol. The van der Waals surface area contributed by atoms with Gasteiger partial charge in [-0.2, -0.15) is 0 Å². The van der Waals surface area contributed by atoms with E-state index >= 15 is 0 Å². The van der Waals surface area contributed by atoms with Crippen LogP contribution < -0.4 is 5.73 Å². The molecule has 0 radical (unpaired) electrons. The number of carbonyl (C=O) groups is 1. The lowest BCUT2D eigenvalue weighted by Crippen LogP contribution is -2.20. The first-order valence-corrected chi connectivity index (χ1v) is 5.68. The van der Waals surface area contributed by atoms with E-state index in [9.17, 15) is 4.79 Å². The van der Waals surface area contributed by atoms with Crippen molar-refractivity contribution < 1.29 is 9.53 Å². The van der Waals surface area contributed by atoms with E-state index in [0.29, 0.717) is 6.61 Å². The summed E-state index contributed by atoms with van der Waals surface area (Å²) in [5.41, 5.74) is 5.74. The molecule has 0 saturated heterocycles. The zero-order chi connectivity index (χ0) is 9.97. The van der Waals surface area contributed by atoms with Crippen LogP contribution in [0.5, 0.6) is 0 Å². The predicted octanol–water partition coefficient (Wildman–Crippen LogP) is 1.46. The minimum Gasteiger partial charge on any atom is -0.465 e. The summed E-state index contributed by atoms with van der Waals surface area (Å²) in [5.74, 6) is 0.913. The summed E-state index contributed by atoms with van der Waals surface area (Å²) in [6.45, 7) is 0.620. The van der Waals surface area contributed by atoms with Gasteiger partial charge in [-0.05, 0) is 31.6 Å². The second-order valence-corrected chi connectivity index (χ2v) is 4.67. The summed E-state index contributed by atoms with van der Waals surface area (Å²) in [4.78, 5) is 11.5. The topological polar surface area (TPSA) is 52.3 Å². The summed E-state index contributed by atoms with van der Waals surface area (Å²) in [6, 6.07) is 0.219. The highest BCUT2D eigenvalue weighted by Gasteiger charge is 2.29. The number of carbonyl (C=O) groups excluding carboxylic acids is 1. The van der Waals surface area contributed by atoms with E-state index in [1.807, 2.05) is 0 Å². The Kier molecular flexibility index (Phi) is 3.06. The highest BCUT2D eigenvalue weighted by Crippen LogP contribution is 2.32. The number of rotatable bonds is 4. The van der Waals surface area contributed by atoms with Gasteiger partial charge in [0.05, 0.1) is 12.5 Å². The van der Waals surface area contributed by atoms with Crippen LogP contribution in [0.1, 0.15) is 38.5 Å². The lowest BCUT2D eigenvalue weighted by Gasteiger charge is -2.09. The van der Waals surface area contributed by atoms with Crippen LogP contribution in [0.15, 0.2) is 0 Å². The van der Waals surface area contributed by atoms with Crippen molar-refractivity contribution >= 4 is 5.97 Å². The smallest absolute Gasteiger partial charge is 0.308 e. The van der Waals surface area contributed by atoms with Gasteiger partial charge in [-0.25, -0.2) is 0 Å². The first-order valence-electron chi connectivity index (χ1n) is 5.68. The van der Waals surface area contributed by atoms with Crippen molar-refractivity contribution in [3.8, 4) is 0 Å². The number of esters is 1. The average Bonchev–Trinajstić information content (AvgIpc) is 2.87. The molecule has 3 heteroatoms. The lowest BCUT2D eigenvalue weighted by molar-refractivity contribution is -0.148. The first-order chi connectivity index (χ1) is 6.75.